The molecule has 3 heterocycles. The summed E-state index contributed by atoms with van der Waals surface area (Å²) in [5.74, 6) is 0.347. The molecule has 7 nitrogen and oxygen atoms in total. The average molecular weight is 426 g/mol. The molecule has 2 aliphatic rings. The topological polar surface area (TPSA) is 79.6 Å². The predicted molar refractivity (Wildman–Crippen MR) is 120 cm³/mol. The van der Waals surface area contributed by atoms with Crippen molar-refractivity contribution < 1.29 is 9.59 Å². The first-order chi connectivity index (χ1) is 15.0. The molecular formula is C24H35N5O2. The lowest BCUT2D eigenvalue weighted by Gasteiger charge is -2.23. The first-order valence-electron chi connectivity index (χ1n) is 11.9. The molecule has 0 aromatic carbocycles. The van der Waals surface area contributed by atoms with Gasteiger partial charge in [-0.05, 0) is 57.9 Å². The second-order valence-electron chi connectivity index (χ2n) is 9.14. The Bertz CT molecular complexity index is 961. The van der Waals surface area contributed by atoms with Crippen molar-refractivity contribution in [2.24, 2.45) is 0 Å². The van der Waals surface area contributed by atoms with Gasteiger partial charge in [0.15, 0.2) is 5.65 Å². The molecule has 1 aliphatic heterocycles. The van der Waals surface area contributed by atoms with Crippen LogP contribution in [-0.4, -0.2) is 43.9 Å². The van der Waals surface area contributed by atoms with Gasteiger partial charge < -0.3 is 10.2 Å². The number of hydrogen-bond donors (Lipinski definition) is 1. The average Bonchev–Trinajstić information content (AvgIpc) is 3.48. The SMILES string of the molecule is CCCC(=O)N1CCC[C@H]1c1cc2nc(C)c(CCC(=O)NC3CCCC3)c(C)n2n1. The number of nitrogens with one attached hydrogen (secondary N) is 1. The summed E-state index contributed by atoms with van der Waals surface area (Å²) in [6, 6.07) is 2.42. The minimum absolute atomic E-state index is 0.0427. The maximum Gasteiger partial charge on any atom is 0.223 e. The Morgan fingerprint density at radius 3 is 2.65 bits per heavy atom. The molecule has 0 radical (unpaired) electrons. The van der Waals surface area contributed by atoms with Crippen LogP contribution in [0.5, 0.6) is 0 Å². The van der Waals surface area contributed by atoms with E-state index in [9.17, 15) is 9.59 Å². The molecule has 31 heavy (non-hydrogen) atoms. The van der Waals surface area contributed by atoms with E-state index in [2.05, 4.69) is 12.2 Å². The fraction of sp³-hybridized carbons (Fsp3) is 0.667. The number of nitrogens with zero attached hydrogens (tertiary/aromatic N) is 4. The van der Waals surface area contributed by atoms with E-state index in [1.807, 2.05) is 29.3 Å². The van der Waals surface area contributed by atoms with Gasteiger partial charge in [-0.2, -0.15) is 5.10 Å². The van der Waals surface area contributed by atoms with Gasteiger partial charge in [-0.15, -0.1) is 0 Å². The first-order valence-corrected chi connectivity index (χ1v) is 11.9. The van der Waals surface area contributed by atoms with E-state index in [-0.39, 0.29) is 17.9 Å². The summed E-state index contributed by atoms with van der Waals surface area (Å²) in [4.78, 5) is 31.7. The summed E-state index contributed by atoms with van der Waals surface area (Å²) in [6.07, 6.45) is 9.20. The summed E-state index contributed by atoms with van der Waals surface area (Å²) < 4.78 is 1.90. The van der Waals surface area contributed by atoms with E-state index < -0.39 is 0 Å². The molecule has 2 fully saturated rings. The highest BCUT2D eigenvalue weighted by atomic mass is 16.2. The van der Waals surface area contributed by atoms with E-state index in [0.717, 1.165) is 66.9 Å². The van der Waals surface area contributed by atoms with Crippen LogP contribution < -0.4 is 5.32 Å². The summed E-state index contributed by atoms with van der Waals surface area (Å²) in [6.45, 7) is 6.91. The first kappa shape index (κ1) is 21.8. The summed E-state index contributed by atoms with van der Waals surface area (Å²) in [5, 5.41) is 8.03. The molecule has 4 rings (SSSR count). The van der Waals surface area contributed by atoms with E-state index in [4.69, 9.17) is 10.1 Å². The zero-order chi connectivity index (χ0) is 22.0. The zero-order valence-electron chi connectivity index (χ0n) is 19.1. The second kappa shape index (κ2) is 9.37. The maximum atomic E-state index is 12.5. The second-order valence-corrected chi connectivity index (χ2v) is 9.14. The smallest absolute Gasteiger partial charge is 0.223 e. The minimum atomic E-state index is 0.0427. The van der Waals surface area contributed by atoms with Crippen molar-refractivity contribution in [1.82, 2.24) is 24.8 Å². The molecule has 1 aliphatic carbocycles. The Morgan fingerprint density at radius 1 is 1.13 bits per heavy atom. The Balaban J connectivity index is 1.51. The Morgan fingerprint density at radius 2 is 1.90 bits per heavy atom. The van der Waals surface area contributed by atoms with Crippen LogP contribution in [0, 0.1) is 13.8 Å². The van der Waals surface area contributed by atoms with E-state index in [0.29, 0.717) is 25.3 Å². The lowest BCUT2D eigenvalue weighted by molar-refractivity contribution is -0.132. The Kier molecular flexibility index (Phi) is 6.58. The van der Waals surface area contributed by atoms with Crippen LogP contribution in [0.15, 0.2) is 6.07 Å². The monoisotopic (exact) mass is 425 g/mol. The Hall–Kier alpha value is -2.44. The van der Waals surface area contributed by atoms with Gasteiger partial charge in [0.05, 0.1) is 11.7 Å². The van der Waals surface area contributed by atoms with Crippen molar-refractivity contribution in [3.8, 4) is 0 Å². The van der Waals surface area contributed by atoms with E-state index >= 15 is 0 Å². The largest absolute Gasteiger partial charge is 0.353 e. The highest BCUT2D eigenvalue weighted by Gasteiger charge is 2.31. The lowest BCUT2D eigenvalue weighted by atomic mass is 10.1. The molecule has 2 amide bonds. The van der Waals surface area contributed by atoms with Gasteiger partial charge in [-0.3, -0.25) is 9.59 Å². The number of aryl methyl sites for hydroxylation is 2. The molecule has 1 saturated heterocycles. The molecule has 0 spiro atoms. The molecule has 2 aromatic heterocycles. The van der Waals surface area contributed by atoms with Crippen LogP contribution in [0.1, 0.15) is 93.4 Å². The van der Waals surface area contributed by atoms with Gasteiger partial charge in [0.25, 0.3) is 0 Å². The molecule has 168 valence electrons. The third kappa shape index (κ3) is 4.60. The quantitative estimate of drug-likeness (QED) is 0.732. The van der Waals surface area contributed by atoms with Crippen LogP contribution in [0.2, 0.25) is 0 Å². The number of fused-ring (bicyclic) bond motifs is 1. The number of carbonyl (C=O) groups excluding carboxylic acids is 2. The normalized spacial score (nSPS) is 19.5. The number of likely N-dealkylation sites (tertiary alicyclic amines) is 1. The number of aromatic nitrogens is 3. The highest BCUT2D eigenvalue weighted by Crippen LogP contribution is 2.32. The molecule has 0 unspecified atom stereocenters. The van der Waals surface area contributed by atoms with Gasteiger partial charge in [0.1, 0.15) is 0 Å². The molecule has 1 saturated carbocycles. The van der Waals surface area contributed by atoms with Crippen LogP contribution in [-0.2, 0) is 16.0 Å². The van der Waals surface area contributed by atoms with E-state index in [1.54, 1.807) is 0 Å². The van der Waals surface area contributed by atoms with Gasteiger partial charge in [-0.25, -0.2) is 9.50 Å². The summed E-state index contributed by atoms with van der Waals surface area (Å²) in [5.41, 5.74) is 4.82. The molecule has 7 heteroatoms. The third-order valence-electron chi connectivity index (χ3n) is 6.88. The zero-order valence-corrected chi connectivity index (χ0v) is 19.1. The number of hydrogen-bond acceptors (Lipinski definition) is 4. The van der Waals surface area contributed by atoms with Crippen LogP contribution in [0.25, 0.3) is 5.65 Å². The van der Waals surface area contributed by atoms with Crippen LogP contribution >= 0.6 is 0 Å². The van der Waals surface area contributed by atoms with Crippen molar-refractivity contribution in [1.29, 1.82) is 0 Å². The van der Waals surface area contributed by atoms with Gasteiger partial charge >= 0.3 is 0 Å². The van der Waals surface area contributed by atoms with Crippen molar-refractivity contribution in [3.63, 3.8) is 0 Å². The van der Waals surface area contributed by atoms with Gasteiger partial charge in [0, 0.05) is 42.9 Å². The van der Waals surface area contributed by atoms with Crippen molar-refractivity contribution >= 4 is 17.5 Å². The van der Waals surface area contributed by atoms with Crippen molar-refractivity contribution in [3.05, 3.63) is 28.7 Å². The van der Waals surface area contributed by atoms with Crippen molar-refractivity contribution in [2.45, 2.75) is 97.1 Å². The highest BCUT2D eigenvalue weighted by molar-refractivity contribution is 5.77. The fourth-order valence-electron chi connectivity index (χ4n) is 5.21. The van der Waals surface area contributed by atoms with Crippen LogP contribution in [0.3, 0.4) is 0 Å². The lowest BCUT2D eigenvalue weighted by Crippen LogP contribution is -2.32. The van der Waals surface area contributed by atoms with Crippen molar-refractivity contribution in [2.75, 3.05) is 6.54 Å². The van der Waals surface area contributed by atoms with Crippen LogP contribution in [0.4, 0.5) is 0 Å². The van der Waals surface area contributed by atoms with Gasteiger partial charge in [-0.1, -0.05) is 19.8 Å². The minimum Gasteiger partial charge on any atom is -0.353 e. The number of rotatable bonds is 7. The van der Waals surface area contributed by atoms with E-state index in [1.165, 1.54) is 12.8 Å². The summed E-state index contributed by atoms with van der Waals surface area (Å²) in [7, 11) is 0. The Labute approximate surface area is 184 Å². The molecule has 0 bridgehead atoms. The number of carbonyl (C=O) groups is 2. The fourth-order valence-corrected chi connectivity index (χ4v) is 5.21. The standard InChI is InChI=1S/C24H35N5O2/c1-4-8-24(31)28-14-7-11-21(28)20-15-22-25-16(2)19(17(3)29(22)27-20)12-13-23(30)26-18-9-5-6-10-18/h15,18,21H,4-14H2,1-3H3,(H,26,30)/t21-/m0/s1. The molecular weight excluding hydrogens is 390 g/mol. The predicted octanol–water partition coefficient (Wildman–Crippen LogP) is 3.80. The van der Waals surface area contributed by atoms with Gasteiger partial charge in [0.2, 0.25) is 11.8 Å². The summed E-state index contributed by atoms with van der Waals surface area (Å²) >= 11 is 0. The number of amides is 2. The molecule has 1 N–H and O–H groups in total. The molecule has 2 aromatic rings. The maximum absolute atomic E-state index is 12.5. The third-order valence-corrected chi connectivity index (χ3v) is 6.88. The molecule has 1 atom stereocenters.